The molecule has 1 saturated heterocycles. The molecule has 1 atom stereocenters. The summed E-state index contributed by atoms with van der Waals surface area (Å²) in [5.41, 5.74) is 4.01. The highest BCUT2D eigenvalue weighted by Gasteiger charge is 2.22. The number of ether oxygens (including phenoxy) is 1. The lowest BCUT2D eigenvalue weighted by Crippen LogP contribution is -2.38. The summed E-state index contributed by atoms with van der Waals surface area (Å²) in [7, 11) is 0. The molecular formula is C36H49N3O5. The van der Waals surface area contributed by atoms with E-state index in [4.69, 9.17) is 4.74 Å². The van der Waals surface area contributed by atoms with Crippen LogP contribution in [0.2, 0.25) is 0 Å². The van der Waals surface area contributed by atoms with Crippen LogP contribution in [0.5, 0.6) is 5.75 Å². The van der Waals surface area contributed by atoms with Gasteiger partial charge in [-0.05, 0) is 73.7 Å². The van der Waals surface area contributed by atoms with E-state index in [1.165, 1.54) is 50.7 Å². The first-order valence-corrected chi connectivity index (χ1v) is 16.2. The second-order valence-electron chi connectivity index (χ2n) is 11.7. The zero-order chi connectivity index (χ0) is 31.0. The Balaban J connectivity index is 0.991. The van der Waals surface area contributed by atoms with Gasteiger partial charge >= 0.3 is 6.09 Å². The van der Waals surface area contributed by atoms with Crippen LogP contribution in [0.1, 0.15) is 75.0 Å². The number of benzene rings is 3. The maximum Gasteiger partial charge on any atom is 0.411 e. The molecule has 8 nitrogen and oxygen atoms in total. The average Bonchev–Trinajstić information content (AvgIpc) is 3.04. The second-order valence-corrected chi connectivity index (χ2v) is 11.7. The topological polar surface area (TPSA) is 114 Å². The minimum atomic E-state index is -0.705. The molecule has 8 heteroatoms. The summed E-state index contributed by atoms with van der Waals surface area (Å²) >= 11 is 0. The molecule has 0 spiro atoms. The van der Waals surface area contributed by atoms with Crippen molar-refractivity contribution in [3.8, 4) is 16.9 Å². The van der Waals surface area contributed by atoms with E-state index >= 15 is 0 Å². The zero-order valence-corrected chi connectivity index (χ0v) is 25.8. The number of anilines is 1. The van der Waals surface area contributed by atoms with Gasteiger partial charge in [0.15, 0.2) is 0 Å². The predicted octanol–water partition coefficient (Wildman–Crippen LogP) is 6.62. The molecule has 0 aliphatic carbocycles. The fraction of sp³-hybridized carbons (Fsp3) is 0.472. The third kappa shape index (κ3) is 10.9. The lowest BCUT2D eigenvalue weighted by Gasteiger charge is -2.31. The summed E-state index contributed by atoms with van der Waals surface area (Å²) in [6.45, 7) is 4.11. The number of unbranched alkanes of at least 4 members (excludes halogenated alkanes) is 6. The molecule has 5 N–H and O–H groups in total. The highest BCUT2D eigenvalue weighted by atomic mass is 16.6. The van der Waals surface area contributed by atoms with E-state index in [-0.39, 0.29) is 24.6 Å². The standard InChI is InChI=1S/C36H49N3O5/c40-27-29-25-30(41)17-18-33(29)35(42)26-37-21-11-4-2-1-3-5-12-22-39-23-19-31(20-24-39)44-36(43)38-34-16-10-9-15-32(34)28-13-7-6-8-14-28/h6-10,13-18,25,31,35,37,40-42H,1-5,11-12,19-24,26-27H2,(H,38,43)/t35-/m0/s1. The monoisotopic (exact) mass is 603 g/mol. The molecule has 44 heavy (non-hydrogen) atoms. The van der Waals surface area contributed by atoms with Crippen LogP contribution < -0.4 is 10.6 Å². The van der Waals surface area contributed by atoms with Gasteiger partial charge in [-0.1, -0.05) is 86.7 Å². The minimum Gasteiger partial charge on any atom is -0.508 e. The number of nitrogens with zero attached hydrogens (tertiary/aromatic N) is 1. The second kappa shape index (κ2) is 18.4. The van der Waals surface area contributed by atoms with Crippen LogP contribution in [0.15, 0.2) is 72.8 Å². The molecule has 1 aliphatic heterocycles. The Morgan fingerprint density at radius 3 is 2.32 bits per heavy atom. The van der Waals surface area contributed by atoms with Gasteiger partial charge in [0.2, 0.25) is 0 Å². The summed E-state index contributed by atoms with van der Waals surface area (Å²) in [5.74, 6) is 0.0911. The van der Waals surface area contributed by atoms with Crippen molar-refractivity contribution in [2.24, 2.45) is 0 Å². The number of rotatable bonds is 17. The molecule has 0 saturated carbocycles. The van der Waals surface area contributed by atoms with Gasteiger partial charge in [-0.3, -0.25) is 5.32 Å². The molecule has 0 unspecified atom stereocenters. The summed E-state index contributed by atoms with van der Waals surface area (Å²) < 4.78 is 5.77. The van der Waals surface area contributed by atoms with Gasteiger partial charge in [0.1, 0.15) is 11.9 Å². The highest BCUT2D eigenvalue weighted by Crippen LogP contribution is 2.28. The Kier molecular flexibility index (Phi) is 14.0. The Bertz CT molecular complexity index is 1260. The molecule has 1 heterocycles. The lowest BCUT2D eigenvalue weighted by molar-refractivity contribution is 0.0584. The van der Waals surface area contributed by atoms with Crippen LogP contribution >= 0.6 is 0 Å². The number of hydrogen-bond acceptors (Lipinski definition) is 7. The van der Waals surface area contributed by atoms with E-state index < -0.39 is 6.10 Å². The summed E-state index contributed by atoms with van der Waals surface area (Å²) in [6.07, 6.45) is 9.01. The Morgan fingerprint density at radius 1 is 0.886 bits per heavy atom. The molecule has 1 amide bonds. The smallest absolute Gasteiger partial charge is 0.411 e. The van der Waals surface area contributed by atoms with Crippen LogP contribution in [-0.2, 0) is 11.3 Å². The molecular weight excluding hydrogens is 554 g/mol. The first kappa shape index (κ1) is 33.5. The van der Waals surface area contributed by atoms with Gasteiger partial charge in [0.05, 0.1) is 18.4 Å². The van der Waals surface area contributed by atoms with E-state index in [1.807, 2.05) is 54.6 Å². The lowest BCUT2D eigenvalue weighted by atomic mass is 10.0. The zero-order valence-electron chi connectivity index (χ0n) is 25.8. The van der Waals surface area contributed by atoms with Crippen molar-refractivity contribution in [3.63, 3.8) is 0 Å². The number of aliphatic hydroxyl groups is 2. The predicted molar refractivity (Wildman–Crippen MR) is 176 cm³/mol. The number of carbonyl (C=O) groups excluding carboxylic acids is 1. The summed E-state index contributed by atoms with van der Waals surface area (Å²) in [6, 6.07) is 22.5. The number of phenols is 1. The SMILES string of the molecule is O=C(Nc1ccccc1-c1ccccc1)OC1CCN(CCCCCCCCCNC[C@H](O)c2ccc(O)cc2CO)CC1. The number of phenolic OH excluding ortho intramolecular Hbond substituents is 1. The number of aliphatic hydroxyl groups excluding tert-OH is 2. The number of likely N-dealkylation sites (tertiary alicyclic amines) is 1. The maximum atomic E-state index is 12.7. The van der Waals surface area contributed by atoms with Crippen molar-refractivity contribution in [2.75, 3.05) is 38.0 Å². The Morgan fingerprint density at radius 2 is 1.57 bits per heavy atom. The molecule has 3 aromatic carbocycles. The van der Waals surface area contributed by atoms with Gasteiger partial charge in [-0.2, -0.15) is 0 Å². The normalized spacial score (nSPS) is 14.8. The Hall–Kier alpha value is -3.43. The molecule has 1 aliphatic rings. The van der Waals surface area contributed by atoms with Crippen LogP contribution in [-0.4, -0.2) is 65.1 Å². The van der Waals surface area contributed by atoms with Crippen molar-refractivity contribution in [3.05, 3.63) is 83.9 Å². The van der Waals surface area contributed by atoms with Crippen LogP contribution in [0, 0.1) is 0 Å². The number of para-hydroxylation sites is 1. The highest BCUT2D eigenvalue weighted by molar-refractivity contribution is 5.91. The Labute approximate surface area is 262 Å². The summed E-state index contributed by atoms with van der Waals surface area (Å²) in [5, 5.41) is 35.6. The largest absolute Gasteiger partial charge is 0.508 e. The van der Waals surface area contributed by atoms with Gasteiger partial charge < -0.3 is 30.3 Å². The molecule has 3 aromatic rings. The van der Waals surface area contributed by atoms with Crippen LogP contribution in [0.4, 0.5) is 10.5 Å². The fourth-order valence-electron chi connectivity index (χ4n) is 5.88. The number of hydrogen-bond donors (Lipinski definition) is 5. The van der Waals surface area contributed by atoms with Crippen molar-refractivity contribution in [1.82, 2.24) is 10.2 Å². The van der Waals surface area contributed by atoms with Crippen LogP contribution in [0.3, 0.4) is 0 Å². The minimum absolute atomic E-state index is 0.0429. The number of amides is 1. The van der Waals surface area contributed by atoms with Gasteiger partial charge in [0.25, 0.3) is 0 Å². The van der Waals surface area contributed by atoms with E-state index in [0.717, 1.165) is 62.3 Å². The molecule has 0 radical (unpaired) electrons. The first-order chi connectivity index (χ1) is 21.5. The van der Waals surface area contributed by atoms with Gasteiger partial charge in [0, 0.05) is 25.2 Å². The van der Waals surface area contributed by atoms with Crippen molar-refractivity contribution in [2.45, 2.75) is 76.6 Å². The van der Waals surface area contributed by atoms with E-state index in [9.17, 15) is 20.1 Å². The summed E-state index contributed by atoms with van der Waals surface area (Å²) in [4.78, 5) is 15.1. The molecule has 0 bridgehead atoms. The number of aromatic hydroxyl groups is 1. The van der Waals surface area contributed by atoms with Gasteiger partial charge in [-0.25, -0.2) is 4.79 Å². The third-order valence-corrected chi connectivity index (χ3v) is 8.38. The maximum absolute atomic E-state index is 12.7. The van der Waals surface area contributed by atoms with Crippen molar-refractivity contribution < 1.29 is 24.9 Å². The first-order valence-electron chi connectivity index (χ1n) is 16.2. The number of carbonyl (C=O) groups is 1. The number of nitrogens with one attached hydrogen (secondary N) is 2. The van der Waals surface area contributed by atoms with Crippen LogP contribution in [0.25, 0.3) is 11.1 Å². The molecule has 0 aromatic heterocycles. The van der Waals surface area contributed by atoms with Gasteiger partial charge in [-0.15, -0.1) is 0 Å². The van der Waals surface area contributed by atoms with E-state index in [0.29, 0.717) is 17.7 Å². The van der Waals surface area contributed by atoms with Crippen molar-refractivity contribution in [1.29, 1.82) is 0 Å². The third-order valence-electron chi connectivity index (χ3n) is 8.38. The molecule has 4 rings (SSSR count). The number of piperidine rings is 1. The van der Waals surface area contributed by atoms with Crippen molar-refractivity contribution >= 4 is 11.8 Å². The molecule has 1 fully saturated rings. The quantitative estimate of drug-likeness (QED) is 0.110. The van der Waals surface area contributed by atoms with E-state index in [2.05, 4.69) is 15.5 Å². The van der Waals surface area contributed by atoms with E-state index in [1.54, 1.807) is 6.07 Å². The average molecular weight is 604 g/mol. The molecule has 238 valence electrons. The fourth-order valence-corrected chi connectivity index (χ4v) is 5.88.